The van der Waals surface area contributed by atoms with Crippen molar-refractivity contribution in [1.29, 1.82) is 0 Å². The van der Waals surface area contributed by atoms with E-state index in [1.54, 1.807) is 13.0 Å². The number of anilines is 1. The molecule has 0 spiro atoms. The van der Waals surface area contributed by atoms with Crippen LogP contribution < -0.4 is 9.46 Å². The summed E-state index contributed by atoms with van der Waals surface area (Å²) in [4.78, 5) is 6.87. The Morgan fingerprint density at radius 1 is 1.25 bits per heavy atom. The molecule has 12 heteroatoms. The number of aromatic amines is 1. The molecule has 2 aromatic heterocycles. The molecule has 1 aromatic carbocycles. The highest BCUT2D eigenvalue weighted by Gasteiger charge is 2.44. The van der Waals surface area contributed by atoms with E-state index in [1.807, 2.05) is 0 Å². The van der Waals surface area contributed by atoms with Gasteiger partial charge in [0.05, 0.1) is 0 Å². The van der Waals surface area contributed by atoms with Gasteiger partial charge in [0.25, 0.3) is 10.0 Å². The van der Waals surface area contributed by atoms with E-state index in [1.165, 1.54) is 18.5 Å². The molecule has 1 aliphatic rings. The summed E-state index contributed by atoms with van der Waals surface area (Å²) >= 11 is 0. The number of aryl methyl sites for hydroxylation is 1. The van der Waals surface area contributed by atoms with Gasteiger partial charge in [0.1, 0.15) is 34.7 Å². The number of nitrogens with one attached hydrogen (secondary N) is 2. The van der Waals surface area contributed by atoms with E-state index in [2.05, 4.69) is 24.9 Å². The molecular weight excluding hydrogens is 447 g/mol. The van der Waals surface area contributed by atoms with Crippen molar-refractivity contribution in [3.05, 3.63) is 60.1 Å². The Balaban J connectivity index is 1.59. The van der Waals surface area contributed by atoms with Crippen LogP contribution in [0.2, 0.25) is 0 Å². The van der Waals surface area contributed by atoms with E-state index in [0.29, 0.717) is 11.3 Å². The van der Waals surface area contributed by atoms with E-state index in [9.17, 15) is 21.6 Å². The zero-order valence-corrected chi connectivity index (χ0v) is 17.7. The number of hydrogen-bond acceptors (Lipinski definition) is 6. The standard InChI is InChI=1S/C20H20F3N5O3S/c1-12-8-18(32(29,30)28-19-4-6-24-11-25-19)14(21)9-17(12)31-16-2-5-20(22,23)10-13(16)15-3-7-26-27-15/h3-4,6-9,11,13,16H,2,5,10H2,1H3,(H,26,27)(H,24,25,28)/t13?,16-/m0/s1. The first kappa shape index (κ1) is 22.1. The lowest BCUT2D eigenvalue weighted by molar-refractivity contribution is -0.0694. The monoisotopic (exact) mass is 467 g/mol. The first-order valence-corrected chi connectivity index (χ1v) is 11.3. The first-order valence-electron chi connectivity index (χ1n) is 9.77. The molecule has 2 heterocycles. The van der Waals surface area contributed by atoms with Gasteiger partial charge in [-0.25, -0.2) is 31.6 Å². The van der Waals surface area contributed by atoms with Crippen molar-refractivity contribution in [3.63, 3.8) is 0 Å². The van der Waals surface area contributed by atoms with Gasteiger partial charge in [-0.3, -0.25) is 9.82 Å². The number of hydrogen-bond donors (Lipinski definition) is 2. The summed E-state index contributed by atoms with van der Waals surface area (Å²) in [5.41, 5.74) is 0.843. The number of halogens is 3. The highest BCUT2D eigenvalue weighted by molar-refractivity contribution is 7.92. The van der Waals surface area contributed by atoms with E-state index in [-0.39, 0.29) is 24.4 Å². The highest BCUT2D eigenvalue weighted by atomic mass is 32.2. The minimum atomic E-state index is -4.26. The van der Waals surface area contributed by atoms with Crippen LogP contribution in [-0.2, 0) is 10.0 Å². The van der Waals surface area contributed by atoms with Gasteiger partial charge in [0.15, 0.2) is 0 Å². The number of benzene rings is 1. The zero-order chi connectivity index (χ0) is 22.9. The van der Waals surface area contributed by atoms with Crippen molar-refractivity contribution in [2.45, 2.75) is 49.0 Å². The molecule has 0 bridgehead atoms. The zero-order valence-electron chi connectivity index (χ0n) is 16.9. The van der Waals surface area contributed by atoms with E-state index in [4.69, 9.17) is 4.74 Å². The van der Waals surface area contributed by atoms with Gasteiger partial charge >= 0.3 is 0 Å². The summed E-state index contributed by atoms with van der Waals surface area (Å²) < 4.78 is 76.2. The third-order valence-electron chi connectivity index (χ3n) is 5.30. The van der Waals surface area contributed by atoms with Gasteiger partial charge in [-0.05, 0) is 37.1 Å². The van der Waals surface area contributed by atoms with Crippen LogP contribution in [0.3, 0.4) is 0 Å². The average Bonchev–Trinajstić information content (AvgIpc) is 3.26. The van der Waals surface area contributed by atoms with Crippen LogP contribution in [0.1, 0.15) is 36.4 Å². The smallest absolute Gasteiger partial charge is 0.265 e. The van der Waals surface area contributed by atoms with Gasteiger partial charge < -0.3 is 4.74 Å². The third kappa shape index (κ3) is 4.69. The topological polar surface area (TPSA) is 110 Å². The molecule has 1 unspecified atom stereocenters. The first-order chi connectivity index (χ1) is 15.1. The van der Waals surface area contributed by atoms with Gasteiger partial charge in [0.2, 0.25) is 5.92 Å². The Morgan fingerprint density at radius 2 is 2.06 bits per heavy atom. The van der Waals surface area contributed by atoms with Gasteiger partial charge in [-0.15, -0.1) is 0 Å². The summed E-state index contributed by atoms with van der Waals surface area (Å²) in [5, 5.41) is 6.53. The fourth-order valence-electron chi connectivity index (χ4n) is 3.71. The second-order valence-electron chi connectivity index (χ2n) is 7.62. The maximum absolute atomic E-state index is 14.8. The molecule has 4 rings (SSSR count). The Morgan fingerprint density at radius 3 is 2.75 bits per heavy atom. The Kier molecular flexibility index (Phi) is 5.80. The molecule has 1 aliphatic carbocycles. The van der Waals surface area contributed by atoms with Crippen LogP contribution in [0.4, 0.5) is 19.0 Å². The summed E-state index contributed by atoms with van der Waals surface area (Å²) in [6.45, 7) is 1.56. The molecule has 170 valence electrons. The van der Waals surface area contributed by atoms with Crippen molar-refractivity contribution in [2.75, 3.05) is 4.72 Å². The molecule has 1 fully saturated rings. The number of ether oxygens (including phenoxy) is 1. The molecule has 0 radical (unpaired) electrons. The normalized spacial score (nSPS) is 20.6. The van der Waals surface area contributed by atoms with Crippen molar-refractivity contribution >= 4 is 15.8 Å². The van der Waals surface area contributed by atoms with Gasteiger partial charge in [-0.2, -0.15) is 5.10 Å². The predicted octanol–water partition coefficient (Wildman–Crippen LogP) is 3.80. The van der Waals surface area contributed by atoms with E-state index >= 15 is 0 Å². The maximum atomic E-state index is 14.8. The summed E-state index contributed by atoms with van der Waals surface area (Å²) in [6.07, 6.45) is 2.56. The van der Waals surface area contributed by atoms with Gasteiger partial charge in [0, 0.05) is 42.9 Å². The lowest BCUT2D eigenvalue weighted by Gasteiger charge is -2.35. The lowest BCUT2D eigenvalue weighted by Crippen LogP contribution is -2.38. The molecule has 1 saturated carbocycles. The van der Waals surface area contributed by atoms with Crippen molar-refractivity contribution in [2.24, 2.45) is 0 Å². The molecule has 32 heavy (non-hydrogen) atoms. The van der Waals surface area contributed by atoms with Crippen LogP contribution in [0, 0.1) is 12.7 Å². The van der Waals surface area contributed by atoms with Crippen LogP contribution in [0.5, 0.6) is 5.75 Å². The highest BCUT2D eigenvalue weighted by Crippen LogP contribution is 2.43. The quantitative estimate of drug-likeness (QED) is 0.571. The third-order valence-corrected chi connectivity index (χ3v) is 6.67. The Labute approximate surface area is 182 Å². The van der Waals surface area contributed by atoms with E-state index < -0.39 is 45.1 Å². The average molecular weight is 467 g/mol. The Bertz CT molecular complexity index is 1190. The number of nitrogens with zero attached hydrogens (tertiary/aromatic N) is 3. The number of alkyl halides is 2. The molecule has 0 aliphatic heterocycles. The minimum absolute atomic E-state index is 0.0112. The summed E-state index contributed by atoms with van der Waals surface area (Å²) in [5.74, 6) is -4.48. The van der Waals surface area contributed by atoms with Crippen molar-refractivity contribution in [1.82, 2.24) is 20.2 Å². The largest absolute Gasteiger partial charge is 0.489 e. The second-order valence-corrected chi connectivity index (χ2v) is 9.27. The molecule has 0 amide bonds. The van der Waals surface area contributed by atoms with Crippen LogP contribution in [0.25, 0.3) is 0 Å². The fourth-order valence-corrected chi connectivity index (χ4v) is 4.86. The molecule has 8 nitrogen and oxygen atoms in total. The SMILES string of the molecule is Cc1cc(S(=O)(=O)Nc2ccncn2)c(F)cc1O[C@H]1CCC(F)(F)CC1c1ccn[nH]1. The molecule has 2 atom stereocenters. The van der Waals surface area contributed by atoms with E-state index in [0.717, 1.165) is 18.5 Å². The molecule has 3 aromatic rings. The predicted molar refractivity (Wildman–Crippen MR) is 109 cm³/mol. The van der Waals surface area contributed by atoms with Crippen LogP contribution in [0.15, 0.2) is 47.9 Å². The number of rotatable bonds is 6. The van der Waals surface area contributed by atoms with Crippen molar-refractivity contribution in [3.8, 4) is 5.75 Å². The van der Waals surface area contributed by atoms with Crippen LogP contribution >= 0.6 is 0 Å². The second kappa shape index (κ2) is 8.41. The maximum Gasteiger partial charge on any atom is 0.265 e. The van der Waals surface area contributed by atoms with Crippen molar-refractivity contribution < 1.29 is 26.3 Å². The summed E-state index contributed by atoms with van der Waals surface area (Å²) in [6, 6.07) is 5.02. The fraction of sp³-hybridized carbons (Fsp3) is 0.350. The molecule has 0 saturated heterocycles. The van der Waals surface area contributed by atoms with Gasteiger partial charge in [-0.1, -0.05) is 0 Å². The minimum Gasteiger partial charge on any atom is -0.489 e. The molecular formula is C20H20F3N5O3S. The summed E-state index contributed by atoms with van der Waals surface area (Å²) in [7, 11) is -4.26. The lowest BCUT2D eigenvalue weighted by atomic mass is 9.82. The number of aromatic nitrogens is 4. The number of sulfonamides is 1. The molecule has 2 N–H and O–H groups in total. The number of H-pyrrole nitrogens is 1. The Hall–Kier alpha value is -3.15. The van der Waals surface area contributed by atoms with Crippen LogP contribution in [-0.4, -0.2) is 40.6 Å².